The van der Waals surface area contributed by atoms with Crippen molar-refractivity contribution >= 4 is 11.6 Å². The third-order valence-electron chi connectivity index (χ3n) is 3.18. The third kappa shape index (κ3) is 3.13. The summed E-state index contributed by atoms with van der Waals surface area (Å²) >= 11 is 0. The molecule has 1 aliphatic rings. The highest BCUT2D eigenvalue weighted by Crippen LogP contribution is 2.30. The summed E-state index contributed by atoms with van der Waals surface area (Å²) < 4.78 is 5.30. The van der Waals surface area contributed by atoms with Crippen LogP contribution in [0.4, 0.5) is 5.69 Å². The van der Waals surface area contributed by atoms with E-state index in [1.165, 1.54) is 0 Å². The largest absolute Gasteiger partial charge is 0.482 e. The first-order chi connectivity index (χ1) is 8.59. The van der Waals surface area contributed by atoms with E-state index < -0.39 is 5.60 Å². The maximum atomic E-state index is 11.5. The number of aliphatic hydroxyl groups is 1. The Morgan fingerprint density at radius 3 is 2.78 bits per heavy atom. The zero-order chi connectivity index (χ0) is 13.0. The van der Waals surface area contributed by atoms with Crippen LogP contribution in [0.5, 0.6) is 5.75 Å². The molecule has 0 radical (unpaired) electrons. The predicted octanol–water partition coefficient (Wildman–Crippen LogP) is 0.679. The zero-order valence-corrected chi connectivity index (χ0v) is 10.2. The van der Waals surface area contributed by atoms with E-state index in [4.69, 9.17) is 10.5 Å². The van der Waals surface area contributed by atoms with Crippen LogP contribution >= 0.6 is 0 Å². The van der Waals surface area contributed by atoms with Crippen LogP contribution in [0, 0.1) is 0 Å². The molecule has 18 heavy (non-hydrogen) atoms. The molecule has 4 N–H and O–H groups in total. The molecule has 5 nitrogen and oxygen atoms in total. The smallest absolute Gasteiger partial charge is 0.258 e. The van der Waals surface area contributed by atoms with Crippen LogP contribution in [0.15, 0.2) is 24.3 Å². The highest BCUT2D eigenvalue weighted by molar-refractivity contribution is 5.77. The first-order valence-corrected chi connectivity index (χ1v) is 6.05. The maximum absolute atomic E-state index is 11.5. The predicted molar refractivity (Wildman–Crippen MR) is 68.2 cm³/mol. The lowest BCUT2D eigenvalue weighted by Gasteiger charge is -2.36. The van der Waals surface area contributed by atoms with Crippen LogP contribution in [-0.4, -0.2) is 29.8 Å². The topological polar surface area (TPSA) is 84.6 Å². The van der Waals surface area contributed by atoms with E-state index >= 15 is 0 Å². The van der Waals surface area contributed by atoms with Gasteiger partial charge < -0.3 is 20.9 Å². The van der Waals surface area contributed by atoms with Gasteiger partial charge in [0.1, 0.15) is 5.75 Å². The van der Waals surface area contributed by atoms with Crippen molar-refractivity contribution in [2.45, 2.75) is 24.9 Å². The van der Waals surface area contributed by atoms with Crippen LogP contribution in [0.1, 0.15) is 19.3 Å². The number of ether oxygens (including phenoxy) is 1. The van der Waals surface area contributed by atoms with E-state index in [0.29, 0.717) is 18.0 Å². The van der Waals surface area contributed by atoms with Crippen molar-refractivity contribution in [2.24, 2.45) is 0 Å². The number of nitrogens with two attached hydrogens (primary N) is 1. The Hall–Kier alpha value is -1.75. The lowest BCUT2D eigenvalue weighted by atomic mass is 9.80. The molecule has 0 aliphatic heterocycles. The summed E-state index contributed by atoms with van der Waals surface area (Å²) in [6.07, 6.45) is 2.52. The van der Waals surface area contributed by atoms with Gasteiger partial charge in [0.15, 0.2) is 6.61 Å². The second kappa shape index (κ2) is 5.27. The van der Waals surface area contributed by atoms with Crippen LogP contribution in [0.25, 0.3) is 0 Å². The normalized spacial score (nSPS) is 16.7. The molecular weight excluding hydrogens is 232 g/mol. The molecule has 2 rings (SSSR count). The molecule has 1 aromatic rings. The van der Waals surface area contributed by atoms with Crippen molar-refractivity contribution in [3.05, 3.63) is 24.3 Å². The molecule has 0 saturated heterocycles. The van der Waals surface area contributed by atoms with Crippen LogP contribution < -0.4 is 15.8 Å². The Balaban J connectivity index is 1.73. The molecule has 0 bridgehead atoms. The summed E-state index contributed by atoms with van der Waals surface area (Å²) in [6.45, 7) is 0.198. The molecule has 1 fully saturated rings. The van der Waals surface area contributed by atoms with Gasteiger partial charge >= 0.3 is 0 Å². The van der Waals surface area contributed by atoms with Crippen molar-refractivity contribution in [3.8, 4) is 5.75 Å². The molecule has 0 spiro atoms. The minimum Gasteiger partial charge on any atom is -0.482 e. The number of nitrogens with one attached hydrogen (secondary N) is 1. The third-order valence-corrected chi connectivity index (χ3v) is 3.18. The lowest BCUT2D eigenvalue weighted by Crippen LogP contribution is -2.48. The molecule has 0 heterocycles. The van der Waals surface area contributed by atoms with Crippen molar-refractivity contribution in [1.82, 2.24) is 5.32 Å². The van der Waals surface area contributed by atoms with Crippen LogP contribution in [-0.2, 0) is 4.79 Å². The van der Waals surface area contributed by atoms with E-state index in [-0.39, 0.29) is 12.5 Å². The fourth-order valence-corrected chi connectivity index (χ4v) is 1.83. The second-order valence-corrected chi connectivity index (χ2v) is 4.68. The number of para-hydroxylation sites is 2. The van der Waals surface area contributed by atoms with Gasteiger partial charge in [-0.15, -0.1) is 0 Å². The molecule has 0 atom stereocenters. The second-order valence-electron chi connectivity index (χ2n) is 4.68. The minimum absolute atomic E-state index is 0.0930. The average molecular weight is 250 g/mol. The first-order valence-electron chi connectivity index (χ1n) is 6.05. The Morgan fingerprint density at radius 1 is 1.44 bits per heavy atom. The Bertz CT molecular complexity index is 430. The monoisotopic (exact) mass is 250 g/mol. The fraction of sp³-hybridized carbons (Fsp3) is 0.462. The van der Waals surface area contributed by atoms with Crippen molar-refractivity contribution in [1.29, 1.82) is 0 Å². The number of hydrogen-bond acceptors (Lipinski definition) is 4. The zero-order valence-electron chi connectivity index (χ0n) is 10.2. The summed E-state index contributed by atoms with van der Waals surface area (Å²) in [7, 11) is 0. The van der Waals surface area contributed by atoms with Gasteiger partial charge in [-0.25, -0.2) is 0 Å². The number of hydrogen-bond donors (Lipinski definition) is 3. The quantitative estimate of drug-likeness (QED) is 0.671. The number of rotatable bonds is 5. The summed E-state index contributed by atoms with van der Waals surface area (Å²) in [5.41, 5.74) is 5.48. The molecular formula is C13H18N2O3. The average Bonchev–Trinajstić information content (AvgIpc) is 2.33. The molecule has 1 aromatic carbocycles. The SMILES string of the molecule is Nc1ccccc1OCC(=O)NCC1(O)CCC1. The first kappa shape index (κ1) is 12.7. The van der Waals surface area contributed by atoms with Crippen molar-refractivity contribution < 1.29 is 14.6 Å². The molecule has 1 aliphatic carbocycles. The van der Waals surface area contributed by atoms with Crippen molar-refractivity contribution in [2.75, 3.05) is 18.9 Å². The Morgan fingerprint density at radius 2 is 2.17 bits per heavy atom. The van der Waals surface area contributed by atoms with E-state index in [9.17, 15) is 9.90 Å². The Kier molecular flexibility index (Phi) is 3.72. The Labute approximate surface area is 106 Å². The molecule has 0 unspecified atom stereocenters. The highest BCUT2D eigenvalue weighted by atomic mass is 16.5. The minimum atomic E-state index is -0.707. The van der Waals surface area contributed by atoms with Gasteiger partial charge in [0.2, 0.25) is 0 Å². The molecule has 1 amide bonds. The van der Waals surface area contributed by atoms with Crippen molar-refractivity contribution in [3.63, 3.8) is 0 Å². The van der Waals surface area contributed by atoms with E-state index in [2.05, 4.69) is 5.32 Å². The van der Waals surface area contributed by atoms with Gasteiger partial charge in [-0.3, -0.25) is 4.79 Å². The van der Waals surface area contributed by atoms with E-state index in [0.717, 1.165) is 19.3 Å². The van der Waals surface area contributed by atoms with Gasteiger partial charge in [0.25, 0.3) is 5.91 Å². The summed E-state index contributed by atoms with van der Waals surface area (Å²) in [6, 6.07) is 7.02. The lowest BCUT2D eigenvalue weighted by molar-refractivity contribution is -0.125. The fourth-order valence-electron chi connectivity index (χ4n) is 1.83. The molecule has 98 valence electrons. The number of carbonyl (C=O) groups is 1. The van der Waals surface area contributed by atoms with Gasteiger partial charge in [-0.2, -0.15) is 0 Å². The van der Waals surface area contributed by atoms with E-state index in [1.807, 2.05) is 0 Å². The molecule has 1 saturated carbocycles. The number of amides is 1. The number of nitrogen functional groups attached to an aromatic ring is 1. The van der Waals surface area contributed by atoms with Gasteiger partial charge in [0.05, 0.1) is 11.3 Å². The summed E-state index contributed by atoms with van der Waals surface area (Å²) in [4.78, 5) is 11.5. The van der Waals surface area contributed by atoms with Gasteiger partial charge in [0, 0.05) is 6.54 Å². The van der Waals surface area contributed by atoms with Crippen LogP contribution in [0.3, 0.4) is 0 Å². The standard InChI is InChI=1S/C13H18N2O3/c14-10-4-1-2-5-11(10)18-8-12(16)15-9-13(17)6-3-7-13/h1-2,4-5,17H,3,6-9,14H2,(H,15,16). The van der Waals surface area contributed by atoms with Gasteiger partial charge in [-0.1, -0.05) is 12.1 Å². The summed E-state index contributed by atoms with van der Waals surface area (Å²) in [5.74, 6) is 0.244. The van der Waals surface area contributed by atoms with E-state index in [1.54, 1.807) is 24.3 Å². The highest BCUT2D eigenvalue weighted by Gasteiger charge is 2.34. The number of benzene rings is 1. The number of carbonyl (C=O) groups excluding carboxylic acids is 1. The molecule has 5 heteroatoms. The maximum Gasteiger partial charge on any atom is 0.258 e. The van der Waals surface area contributed by atoms with Gasteiger partial charge in [-0.05, 0) is 31.4 Å². The molecule has 0 aromatic heterocycles. The van der Waals surface area contributed by atoms with Crippen LogP contribution in [0.2, 0.25) is 0 Å². The number of anilines is 1. The summed E-state index contributed by atoms with van der Waals surface area (Å²) in [5, 5.41) is 12.5.